The molecular weight excluding hydrogens is 246 g/mol. The fraction of sp³-hybridized carbons (Fsp3) is 0.444. The first kappa shape index (κ1) is 11.5. The van der Waals surface area contributed by atoms with E-state index in [1.807, 2.05) is 6.26 Å². The van der Waals surface area contributed by atoms with E-state index in [1.54, 1.807) is 0 Å². The van der Waals surface area contributed by atoms with Crippen LogP contribution in [-0.2, 0) is 4.79 Å². The van der Waals surface area contributed by atoms with Gasteiger partial charge < -0.3 is 4.98 Å². The van der Waals surface area contributed by atoms with E-state index in [-0.39, 0.29) is 16.7 Å². The standard InChI is InChI=1S/C9H11N3O2S2/c1-16-9-10-6(3-7(13)11-9)12-4-5(15)2-8(12)14/h3,5,15H,2,4H2,1H3,(H,10,11,13). The number of hydrogen-bond donors (Lipinski definition) is 2. The number of H-pyrrole nitrogens is 1. The first-order chi connectivity index (χ1) is 7.60. The van der Waals surface area contributed by atoms with Gasteiger partial charge in [0.25, 0.3) is 5.56 Å². The normalized spacial score (nSPS) is 20.5. The van der Waals surface area contributed by atoms with E-state index in [2.05, 4.69) is 22.6 Å². The number of amides is 1. The number of rotatable bonds is 2. The van der Waals surface area contributed by atoms with Crippen LogP contribution in [0.25, 0.3) is 0 Å². The van der Waals surface area contributed by atoms with Crippen LogP contribution in [0.3, 0.4) is 0 Å². The summed E-state index contributed by atoms with van der Waals surface area (Å²) in [5, 5.41) is 0.532. The number of nitrogens with one attached hydrogen (secondary N) is 1. The van der Waals surface area contributed by atoms with E-state index in [1.165, 1.54) is 22.7 Å². The highest BCUT2D eigenvalue weighted by molar-refractivity contribution is 7.98. The van der Waals surface area contributed by atoms with Gasteiger partial charge in [0.15, 0.2) is 5.16 Å². The Morgan fingerprint density at radius 2 is 2.38 bits per heavy atom. The van der Waals surface area contributed by atoms with Crippen LogP contribution in [0.1, 0.15) is 6.42 Å². The Hall–Kier alpha value is -0.950. The summed E-state index contributed by atoms with van der Waals surface area (Å²) in [5.41, 5.74) is -0.246. The van der Waals surface area contributed by atoms with E-state index in [0.29, 0.717) is 23.9 Å². The van der Waals surface area contributed by atoms with Crippen molar-refractivity contribution in [2.45, 2.75) is 16.8 Å². The maximum atomic E-state index is 11.6. The summed E-state index contributed by atoms with van der Waals surface area (Å²) in [6, 6.07) is 1.34. The summed E-state index contributed by atoms with van der Waals surface area (Å²) >= 11 is 5.59. The number of nitrogens with zero attached hydrogens (tertiary/aromatic N) is 2. The average Bonchev–Trinajstić information content (AvgIpc) is 2.57. The van der Waals surface area contributed by atoms with Gasteiger partial charge in [0.1, 0.15) is 5.82 Å². The lowest BCUT2D eigenvalue weighted by atomic mass is 10.4. The predicted molar refractivity (Wildman–Crippen MR) is 66.4 cm³/mol. The van der Waals surface area contributed by atoms with Gasteiger partial charge in [-0.05, 0) is 6.26 Å². The van der Waals surface area contributed by atoms with E-state index in [0.717, 1.165) is 0 Å². The zero-order valence-corrected chi connectivity index (χ0v) is 10.3. The van der Waals surface area contributed by atoms with Crippen LogP contribution in [0.5, 0.6) is 0 Å². The number of carbonyl (C=O) groups excluding carboxylic acids is 1. The van der Waals surface area contributed by atoms with Gasteiger partial charge in [-0.15, -0.1) is 0 Å². The number of carbonyl (C=O) groups is 1. The van der Waals surface area contributed by atoms with Crippen LogP contribution in [0.4, 0.5) is 5.82 Å². The molecule has 1 amide bonds. The maximum absolute atomic E-state index is 11.6. The van der Waals surface area contributed by atoms with Gasteiger partial charge in [0, 0.05) is 24.3 Å². The Morgan fingerprint density at radius 1 is 1.62 bits per heavy atom. The van der Waals surface area contributed by atoms with Crippen molar-refractivity contribution < 1.29 is 4.79 Å². The topological polar surface area (TPSA) is 66.1 Å². The number of aromatic nitrogens is 2. The molecule has 0 bridgehead atoms. The zero-order valence-electron chi connectivity index (χ0n) is 8.64. The Kier molecular flexibility index (Phi) is 3.25. The predicted octanol–water partition coefficient (Wildman–Crippen LogP) is 0.527. The highest BCUT2D eigenvalue weighted by atomic mass is 32.2. The third-order valence-corrected chi connectivity index (χ3v) is 3.21. The highest BCUT2D eigenvalue weighted by Gasteiger charge is 2.29. The minimum absolute atomic E-state index is 0.0197. The largest absolute Gasteiger partial charge is 0.301 e. The van der Waals surface area contributed by atoms with Gasteiger partial charge in [-0.3, -0.25) is 14.5 Å². The minimum Gasteiger partial charge on any atom is -0.301 e. The van der Waals surface area contributed by atoms with Crippen molar-refractivity contribution in [3.63, 3.8) is 0 Å². The summed E-state index contributed by atoms with van der Waals surface area (Å²) < 4.78 is 0. The molecule has 2 heterocycles. The molecule has 0 aromatic carbocycles. The first-order valence-corrected chi connectivity index (χ1v) is 6.48. The van der Waals surface area contributed by atoms with Crippen LogP contribution in [0, 0.1) is 0 Å². The smallest absolute Gasteiger partial charge is 0.253 e. The van der Waals surface area contributed by atoms with E-state index < -0.39 is 0 Å². The number of thioether (sulfide) groups is 1. The lowest BCUT2D eigenvalue weighted by molar-refractivity contribution is -0.117. The highest BCUT2D eigenvalue weighted by Crippen LogP contribution is 2.22. The van der Waals surface area contributed by atoms with Gasteiger partial charge >= 0.3 is 0 Å². The molecule has 1 saturated heterocycles. The molecule has 1 fully saturated rings. The van der Waals surface area contributed by atoms with Crippen molar-refractivity contribution in [2.24, 2.45) is 0 Å². The van der Waals surface area contributed by atoms with Crippen molar-refractivity contribution >= 4 is 36.1 Å². The summed E-state index contributed by atoms with van der Waals surface area (Å²) in [5.74, 6) is 0.375. The second-order valence-electron chi connectivity index (χ2n) is 3.48. The molecule has 5 nitrogen and oxygen atoms in total. The molecular formula is C9H11N3O2S2. The SMILES string of the molecule is CSc1nc(N2CC(S)CC2=O)cc(=O)[nH]1. The summed E-state index contributed by atoms with van der Waals surface area (Å²) in [6.45, 7) is 0.506. The molecule has 1 unspecified atom stereocenters. The molecule has 86 valence electrons. The molecule has 16 heavy (non-hydrogen) atoms. The van der Waals surface area contributed by atoms with Crippen LogP contribution >= 0.6 is 24.4 Å². The molecule has 1 aromatic rings. The number of aromatic amines is 1. The molecule has 1 aliphatic heterocycles. The minimum atomic E-state index is -0.246. The van der Waals surface area contributed by atoms with Crippen LogP contribution < -0.4 is 10.5 Å². The fourth-order valence-electron chi connectivity index (χ4n) is 1.57. The third-order valence-electron chi connectivity index (χ3n) is 2.28. The van der Waals surface area contributed by atoms with Crippen LogP contribution in [0.15, 0.2) is 16.0 Å². The Morgan fingerprint density at radius 3 is 2.94 bits per heavy atom. The quantitative estimate of drug-likeness (QED) is 0.461. The van der Waals surface area contributed by atoms with Gasteiger partial charge in [-0.1, -0.05) is 11.8 Å². The lowest BCUT2D eigenvalue weighted by Gasteiger charge is -2.14. The molecule has 0 radical (unpaired) electrons. The number of thiol groups is 1. The molecule has 2 rings (SSSR count). The van der Waals surface area contributed by atoms with Crippen LogP contribution in [-0.4, -0.2) is 33.9 Å². The molecule has 1 atom stereocenters. The van der Waals surface area contributed by atoms with Gasteiger partial charge in [-0.25, -0.2) is 4.98 Å². The van der Waals surface area contributed by atoms with Crippen molar-refractivity contribution in [3.8, 4) is 0 Å². The Bertz CT molecular complexity index is 474. The lowest BCUT2D eigenvalue weighted by Crippen LogP contribution is -2.27. The first-order valence-electron chi connectivity index (χ1n) is 4.74. The van der Waals surface area contributed by atoms with Crippen LogP contribution in [0.2, 0.25) is 0 Å². The van der Waals surface area contributed by atoms with Gasteiger partial charge in [0.05, 0.1) is 0 Å². The zero-order chi connectivity index (χ0) is 11.7. The summed E-state index contributed by atoms with van der Waals surface area (Å²) in [4.78, 5) is 31.3. The Labute approximate surface area is 102 Å². The molecule has 0 aliphatic carbocycles. The molecule has 1 aromatic heterocycles. The molecule has 7 heteroatoms. The van der Waals surface area contributed by atoms with Gasteiger partial charge in [-0.2, -0.15) is 12.6 Å². The molecule has 1 N–H and O–H groups in total. The van der Waals surface area contributed by atoms with Crippen molar-refractivity contribution in [2.75, 3.05) is 17.7 Å². The second-order valence-corrected chi connectivity index (χ2v) is 5.00. The molecule has 0 saturated carbocycles. The second kappa shape index (κ2) is 4.50. The summed E-state index contributed by atoms with van der Waals surface area (Å²) in [7, 11) is 0. The monoisotopic (exact) mass is 257 g/mol. The van der Waals surface area contributed by atoms with Crippen molar-refractivity contribution in [1.82, 2.24) is 9.97 Å². The van der Waals surface area contributed by atoms with E-state index in [9.17, 15) is 9.59 Å². The van der Waals surface area contributed by atoms with Gasteiger partial charge in [0.2, 0.25) is 5.91 Å². The maximum Gasteiger partial charge on any atom is 0.253 e. The summed E-state index contributed by atoms with van der Waals surface area (Å²) in [6.07, 6.45) is 2.21. The van der Waals surface area contributed by atoms with E-state index >= 15 is 0 Å². The van der Waals surface area contributed by atoms with E-state index in [4.69, 9.17) is 0 Å². The molecule has 0 spiro atoms. The molecule has 1 aliphatic rings. The van der Waals surface area contributed by atoms with Crippen molar-refractivity contribution in [1.29, 1.82) is 0 Å². The third kappa shape index (κ3) is 2.25. The fourth-order valence-corrected chi connectivity index (χ4v) is 2.28. The number of hydrogen-bond acceptors (Lipinski definition) is 5. The Balaban J connectivity index is 2.37. The number of anilines is 1. The van der Waals surface area contributed by atoms with Crippen molar-refractivity contribution in [3.05, 3.63) is 16.4 Å². The average molecular weight is 257 g/mol.